The normalized spacial score (nSPS) is 17.3. The first-order valence-corrected chi connectivity index (χ1v) is 7.94. The molecule has 1 fully saturated rings. The highest BCUT2D eigenvalue weighted by Gasteiger charge is 2.22. The third-order valence-corrected chi connectivity index (χ3v) is 4.11. The van der Waals surface area contributed by atoms with Gasteiger partial charge in [-0.15, -0.1) is 11.3 Å². The number of carbonyl (C=O) groups is 1. The van der Waals surface area contributed by atoms with E-state index in [0.29, 0.717) is 17.5 Å². The number of amidine groups is 1. The van der Waals surface area contributed by atoms with Gasteiger partial charge in [-0.1, -0.05) is 13.0 Å². The van der Waals surface area contributed by atoms with Crippen molar-refractivity contribution in [3.63, 3.8) is 0 Å². The van der Waals surface area contributed by atoms with Crippen molar-refractivity contribution in [2.24, 2.45) is 4.99 Å². The number of rotatable bonds is 3. The van der Waals surface area contributed by atoms with Crippen LogP contribution in [0.4, 0.5) is 0 Å². The molecule has 0 unspecified atom stereocenters. The van der Waals surface area contributed by atoms with E-state index >= 15 is 0 Å². The van der Waals surface area contributed by atoms with Gasteiger partial charge in [-0.3, -0.25) is 4.79 Å². The van der Waals surface area contributed by atoms with Crippen molar-refractivity contribution in [1.29, 1.82) is 0 Å². The van der Waals surface area contributed by atoms with Crippen molar-refractivity contribution in [2.45, 2.75) is 13.3 Å². The van der Waals surface area contributed by atoms with Crippen LogP contribution in [-0.4, -0.2) is 56.7 Å². The molecule has 0 aromatic carbocycles. The second-order valence-electron chi connectivity index (χ2n) is 4.97. The number of hydrogen-bond donors (Lipinski definition) is 1. The van der Waals surface area contributed by atoms with Crippen LogP contribution in [0.15, 0.2) is 22.5 Å². The van der Waals surface area contributed by atoms with E-state index in [4.69, 9.17) is 4.74 Å². The van der Waals surface area contributed by atoms with E-state index in [0.717, 1.165) is 32.6 Å². The average Bonchev–Trinajstić information content (AvgIpc) is 2.98. The molecule has 1 N–H and O–H groups in total. The molecule has 0 atom stereocenters. The summed E-state index contributed by atoms with van der Waals surface area (Å²) in [6.45, 7) is 6.49. The Hall–Kier alpha value is -1.40. The largest absolute Gasteiger partial charge is 0.465 e. The number of quaternary nitrogens is 1. The minimum absolute atomic E-state index is 0.211. The standard InChI is InChI=1S/C14H21N3O2S/c1-3-10-19-14(17-8-6-16(2)7-9-17)15-13(18)12-5-4-11-20-12/h4-5,11H,3,6-10H2,1-2H3/p+1. The fourth-order valence-electron chi connectivity index (χ4n) is 2.01. The monoisotopic (exact) mass is 296 g/mol. The molecule has 2 rings (SSSR count). The van der Waals surface area contributed by atoms with Crippen molar-refractivity contribution in [2.75, 3.05) is 39.8 Å². The van der Waals surface area contributed by atoms with Crippen LogP contribution >= 0.6 is 11.3 Å². The fraction of sp³-hybridized carbons (Fsp3) is 0.571. The van der Waals surface area contributed by atoms with Crippen LogP contribution in [0.1, 0.15) is 23.0 Å². The molecule has 1 aromatic heterocycles. The van der Waals surface area contributed by atoms with Gasteiger partial charge >= 0.3 is 0 Å². The van der Waals surface area contributed by atoms with E-state index in [1.807, 2.05) is 18.4 Å². The van der Waals surface area contributed by atoms with E-state index in [1.165, 1.54) is 16.2 Å². The number of thiophene rings is 1. The van der Waals surface area contributed by atoms with E-state index in [9.17, 15) is 4.79 Å². The molecule has 20 heavy (non-hydrogen) atoms. The molecule has 0 aliphatic carbocycles. The molecule has 0 spiro atoms. The molecular weight excluding hydrogens is 274 g/mol. The van der Waals surface area contributed by atoms with Crippen LogP contribution in [0, 0.1) is 0 Å². The lowest BCUT2D eigenvalue weighted by Crippen LogP contribution is -3.12. The topological polar surface area (TPSA) is 46.3 Å². The summed E-state index contributed by atoms with van der Waals surface area (Å²) in [6.07, 6.45) is 0.908. The van der Waals surface area contributed by atoms with Crippen molar-refractivity contribution < 1.29 is 14.4 Å². The van der Waals surface area contributed by atoms with Crippen LogP contribution < -0.4 is 4.90 Å². The van der Waals surface area contributed by atoms with Gasteiger partial charge in [0.15, 0.2) is 0 Å². The Bertz CT molecular complexity index is 451. The quantitative estimate of drug-likeness (QED) is 0.653. The summed E-state index contributed by atoms with van der Waals surface area (Å²) in [5.74, 6) is -0.211. The molecule has 1 aliphatic heterocycles. The van der Waals surface area contributed by atoms with Gasteiger partial charge in [-0.25, -0.2) is 0 Å². The van der Waals surface area contributed by atoms with Crippen LogP contribution in [0.5, 0.6) is 0 Å². The van der Waals surface area contributed by atoms with Crippen molar-refractivity contribution in [3.8, 4) is 0 Å². The highest BCUT2D eigenvalue weighted by molar-refractivity contribution is 7.12. The number of nitrogens with zero attached hydrogens (tertiary/aromatic N) is 2. The van der Waals surface area contributed by atoms with Crippen LogP contribution in [0.25, 0.3) is 0 Å². The Morgan fingerprint density at radius 1 is 1.50 bits per heavy atom. The second-order valence-corrected chi connectivity index (χ2v) is 5.92. The van der Waals surface area contributed by atoms with Crippen LogP contribution in [-0.2, 0) is 4.74 Å². The number of amides is 1. The zero-order valence-electron chi connectivity index (χ0n) is 12.1. The Kier molecular flexibility index (Phi) is 5.55. The number of likely N-dealkylation sites (N-methyl/N-ethyl adjacent to an activating group) is 1. The van der Waals surface area contributed by atoms with Crippen molar-refractivity contribution >= 4 is 23.3 Å². The van der Waals surface area contributed by atoms with Gasteiger partial charge in [0.25, 0.3) is 11.9 Å². The highest BCUT2D eigenvalue weighted by Crippen LogP contribution is 2.11. The fourth-order valence-corrected chi connectivity index (χ4v) is 2.62. The number of aliphatic imine (C=N–C) groups is 1. The zero-order chi connectivity index (χ0) is 14.4. The molecular formula is C14H22N3O2S+. The minimum Gasteiger partial charge on any atom is -0.465 e. The van der Waals surface area contributed by atoms with Crippen molar-refractivity contribution in [3.05, 3.63) is 22.4 Å². The molecule has 1 amide bonds. The lowest BCUT2D eigenvalue weighted by Gasteiger charge is -2.31. The molecule has 0 saturated carbocycles. The Morgan fingerprint density at radius 3 is 2.85 bits per heavy atom. The van der Waals surface area contributed by atoms with Gasteiger partial charge in [0.1, 0.15) is 0 Å². The molecule has 110 valence electrons. The van der Waals surface area contributed by atoms with Crippen molar-refractivity contribution in [1.82, 2.24) is 4.90 Å². The van der Waals surface area contributed by atoms with Crippen LogP contribution in [0.2, 0.25) is 0 Å². The third kappa shape index (κ3) is 4.05. The second kappa shape index (κ2) is 7.40. The van der Waals surface area contributed by atoms with Crippen LogP contribution in [0.3, 0.4) is 0 Å². The Morgan fingerprint density at radius 2 is 2.25 bits per heavy atom. The summed E-state index contributed by atoms with van der Waals surface area (Å²) in [7, 11) is 2.18. The van der Waals surface area contributed by atoms with E-state index in [-0.39, 0.29) is 5.91 Å². The first-order chi connectivity index (χ1) is 9.70. The molecule has 1 saturated heterocycles. The third-order valence-electron chi connectivity index (χ3n) is 3.25. The Labute approximate surface area is 123 Å². The molecule has 1 aromatic rings. The molecule has 6 heteroatoms. The lowest BCUT2D eigenvalue weighted by molar-refractivity contribution is -0.883. The van der Waals surface area contributed by atoms with E-state index < -0.39 is 0 Å². The summed E-state index contributed by atoms with van der Waals surface area (Å²) in [4.78, 5) is 20.5. The highest BCUT2D eigenvalue weighted by atomic mass is 32.1. The number of carbonyl (C=O) groups excluding carboxylic acids is 1. The lowest BCUT2D eigenvalue weighted by atomic mass is 10.3. The molecule has 1 aliphatic rings. The maximum Gasteiger partial charge on any atom is 0.295 e. The SMILES string of the molecule is CCCOC(=NC(=O)c1cccs1)N1CC[NH+](C)CC1. The van der Waals surface area contributed by atoms with Gasteiger partial charge in [0.2, 0.25) is 0 Å². The zero-order valence-corrected chi connectivity index (χ0v) is 12.9. The van der Waals surface area contributed by atoms with Gasteiger partial charge in [-0.2, -0.15) is 4.99 Å². The van der Waals surface area contributed by atoms with Gasteiger partial charge < -0.3 is 14.5 Å². The predicted molar refractivity (Wildman–Crippen MR) is 80.5 cm³/mol. The summed E-state index contributed by atoms with van der Waals surface area (Å²) in [5.41, 5.74) is 0. The Balaban J connectivity index is 2.08. The van der Waals surface area contributed by atoms with E-state index in [1.54, 1.807) is 6.07 Å². The van der Waals surface area contributed by atoms with E-state index in [2.05, 4.69) is 16.9 Å². The number of piperazine rings is 1. The molecule has 0 bridgehead atoms. The first-order valence-electron chi connectivity index (χ1n) is 7.06. The first kappa shape index (κ1) is 15.0. The number of hydrogen-bond acceptors (Lipinski definition) is 3. The maximum absolute atomic E-state index is 12.1. The number of nitrogens with one attached hydrogen (secondary N) is 1. The number of ether oxygens (including phenoxy) is 1. The summed E-state index contributed by atoms with van der Waals surface area (Å²) >= 11 is 1.41. The summed E-state index contributed by atoms with van der Waals surface area (Å²) in [6, 6.07) is 4.14. The summed E-state index contributed by atoms with van der Waals surface area (Å²) < 4.78 is 5.69. The van der Waals surface area contributed by atoms with Gasteiger partial charge in [0.05, 0.1) is 44.7 Å². The predicted octanol–water partition coefficient (Wildman–Crippen LogP) is 0.501. The minimum atomic E-state index is -0.211. The smallest absolute Gasteiger partial charge is 0.295 e. The maximum atomic E-state index is 12.1. The molecule has 5 nitrogen and oxygen atoms in total. The molecule has 0 radical (unpaired) electrons. The summed E-state index contributed by atoms with van der Waals surface area (Å²) in [5, 5.41) is 1.88. The average molecular weight is 296 g/mol. The van der Waals surface area contributed by atoms with Gasteiger partial charge in [0, 0.05) is 0 Å². The molecule has 2 heterocycles. The van der Waals surface area contributed by atoms with Gasteiger partial charge in [-0.05, 0) is 17.9 Å².